The molecule has 1 nitrogen and oxygen atoms in total. The Labute approximate surface area is 117 Å². The first-order chi connectivity index (χ1) is 8.58. The van der Waals surface area contributed by atoms with E-state index in [1.54, 1.807) is 30.3 Å². The molecule has 0 aliphatic carbocycles. The van der Waals surface area contributed by atoms with E-state index in [0.717, 1.165) is 5.56 Å². The normalized spacial score (nSPS) is 12.4. The Morgan fingerprint density at radius 2 is 1.78 bits per heavy atom. The van der Waals surface area contributed by atoms with Crippen LogP contribution < -0.4 is 0 Å². The highest BCUT2D eigenvalue weighted by Gasteiger charge is 2.10. The molecule has 2 aromatic carbocycles. The molecule has 0 aliphatic heterocycles. The van der Waals surface area contributed by atoms with Gasteiger partial charge in [-0.3, -0.25) is 4.21 Å². The van der Waals surface area contributed by atoms with Crippen LogP contribution >= 0.6 is 23.2 Å². The van der Waals surface area contributed by atoms with Crippen molar-refractivity contribution in [3.8, 4) is 0 Å². The van der Waals surface area contributed by atoms with Crippen LogP contribution in [0.1, 0.15) is 5.56 Å². The molecule has 1 unspecified atom stereocenters. The lowest BCUT2D eigenvalue weighted by Gasteiger charge is -2.05. The van der Waals surface area contributed by atoms with Crippen molar-refractivity contribution in [3.63, 3.8) is 0 Å². The summed E-state index contributed by atoms with van der Waals surface area (Å²) in [6.07, 6.45) is 0. The molecule has 0 aliphatic rings. The lowest BCUT2D eigenvalue weighted by molar-refractivity contribution is 0.595. The van der Waals surface area contributed by atoms with Crippen molar-refractivity contribution in [3.05, 3.63) is 63.9 Å². The van der Waals surface area contributed by atoms with Gasteiger partial charge in [0, 0.05) is 0 Å². The number of hydrogen-bond donors (Lipinski definition) is 0. The highest BCUT2D eigenvalue weighted by atomic mass is 35.5. The molecule has 0 spiro atoms. The van der Waals surface area contributed by atoms with Crippen LogP contribution in [-0.4, -0.2) is 4.21 Å². The van der Waals surface area contributed by atoms with Crippen molar-refractivity contribution in [1.82, 2.24) is 0 Å². The molecule has 2 aromatic rings. The molecule has 0 saturated carbocycles. The molecule has 0 saturated heterocycles. The van der Waals surface area contributed by atoms with E-state index in [9.17, 15) is 8.60 Å². The van der Waals surface area contributed by atoms with Gasteiger partial charge >= 0.3 is 0 Å². The summed E-state index contributed by atoms with van der Waals surface area (Å²) in [4.78, 5) is 0.198. The molecule has 0 bridgehead atoms. The molecule has 0 amide bonds. The molecule has 0 N–H and O–H groups in total. The van der Waals surface area contributed by atoms with E-state index in [1.165, 1.54) is 12.1 Å². The van der Waals surface area contributed by atoms with Crippen molar-refractivity contribution in [2.45, 2.75) is 10.6 Å². The Bertz CT molecular complexity index is 601. The largest absolute Gasteiger partial charge is 0.254 e. The summed E-state index contributed by atoms with van der Waals surface area (Å²) in [5, 5.41) is 0.844. The van der Waals surface area contributed by atoms with Crippen molar-refractivity contribution in [2.24, 2.45) is 0 Å². The average Bonchev–Trinajstić information content (AvgIpc) is 2.34. The summed E-state index contributed by atoms with van der Waals surface area (Å²) < 4.78 is 25.5. The molecule has 2 rings (SSSR count). The lowest BCUT2D eigenvalue weighted by Crippen LogP contribution is -1.99. The minimum absolute atomic E-state index is 0.198. The van der Waals surface area contributed by atoms with E-state index >= 15 is 0 Å². The number of benzene rings is 2. The maximum Gasteiger partial charge on any atom is 0.139 e. The van der Waals surface area contributed by atoms with Gasteiger partial charge in [-0.2, -0.15) is 0 Å². The maximum atomic E-state index is 13.4. The van der Waals surface area contributed by atoms with Gasteiger partial charge in [0.25, 0.3) is 0 Å². The lowest BCUT2D eigenvalue weighted by atomic mass is 10.2. The Balaban J connectivity index is 2.22. The highest BCUT2D eigenvalue weighted by Crippen LogP contribution is 2.24. The zero-order chi connectivity index (χ0) is 13.1. The third-order valence-electron chi connectivity index (χ3n) is 2.36. The van der Waals surface area contributed by atoms with Crippen LogP contribution in [0.4, 0.5) is 4.39 Å². The van der Waals surface area contributed by atoms with Gasteiger partial charge in [-0.05, 0) is 29.8 Å². The van der Waals surface area contributed by atoms with Gasteiger partial charge in [0.2, 0.25) is 0 Å². The number of halogens is 3. The van der Waals surface area contributed by atoms with E-state index in [0.29, 0.717) is 10.0 Å². The number of rotatable bonds is 3. The van der Waals surface area contributed by atoms with Gasteiger partial charge in [-0.25, -0.2) is 4.39 Å². The Morgan fingerprint density at radius 1 is 1.06 bits per heavy atom. The Kier molecular flexibility index (Phi) is 4.38. The smallest absolute Gasteiger partial charge is 0.139 e. The molecule has 18 heavy (non-hydrogen) atoms. The Hall–Kier alpha value is -0.900. The van der Waals surface area contributed by atoms with E-state index in [1.807, 2.05) is 0 Å². The summed E-state index contributed by atoms with van der Waals surface area (Å²) in [7, 11) is -1.44. The minimum Gasteiger partial charge on any atom is -0.254 e. The van der Waals surface area contributed by atoms with Gasteiger partial charge in [-0.15, -0.1) is 0 Å². The highest BCUT2D eigenvalue weighted by molar-refractivity contribution is 7.84. The van der Waals surface area contributed by atoms with E-state index < -0.39 is 16.6 Å². The molecule has 0 radical (unpaired) electrons. The summed E-state index contributed by atoms with van der Waals surface area (Å²) >= 11 is 11.7. The van der Waals surface area contributed by atoms with Gasteiger partial charge in [-0.1, -0.05) is 41.4 Å². The predicted molar refractivity (Wildman–Crippen MR) is 73.0 cm³/mol. The minimum atomic E-state index is -1.44. The standard InChI is InChI=1S/C13H9Cl2FOS/c14-10-6-5-9(7-11(10)15)8-18(17)13-4-2-1-3-12(13)16/h1-7H,8H2. The molecule has 0 aromatic heterocycles. The SMILES string of the molecule is O=S(Cc1ccc(Cl)c(Cl)c1)c1ccccc1F. The van der Waals surface area contributed by atoms with Gasteiger partial charge < -0.3 is 0 Å². The zero-order valence-electron chi connectivity index (χ0n) is 9.20. The van der Waals surface area contributed by atoms with Crippen molar-refractivity contribution < 1.29 is 8.60 Å². The molecular formula is C13H9Cl2FOS. The monoisotopic (exact) mass is 302 g/mol. The molecule has 0 fully saturated rings. The van der Waals surface area contributed by atoms with Crippen LogP contribution in [0, 0.1) is 5.82 Å². The topological polar surface area (TPSA) is 17.1 Å². The first-order valence-corrected chi connectivity index (χ1v) is 7.22. The van der Waals surface area contributed by atoms with Crippen LogP contribution in [0.2, 0.25) is 10.0 Å². The van der Waals surface area contributed by atoms with Crippen LogP contribution in [0.25, 0.3) is 0 Å². The maximum absolute atomic E-state index is 13.4. The molecule has 5 heteroatoms. The summed E-state index contributed by atoms with van der Waals surface area (Å²) in [5.41, 5.74) is 0.756. The second-order valence-electron chi connectivity index (χ2n) is 3.67. The fourth-order valence-corrected chi connectivity index (χ4v) is 2.96. The average molecular weight is 303 g/mol. The van der Waals surface area contributed by atoms with Crippen molar-refractivity contribution in [2.75, 3.05) is 0 Å². The third-order valence-corrected chi connectivity index (χ3v) is 4.52. The van der Waals surface area contributed by atoms with Gasteiger partial charge in [0.05, 0.1) is 31.5 Å². The summed E-state index contributed by atoms with van der Waals surface area (Å²) in [6.45, 7) is 0. The predicted octanol–water partition coefficient (Wildman–Crippen LogP) is 4.44. The molecule has 94 valence electrons. The van der Waals surface area contributed by atoms with Crippen molar-refractivity contribution >= 4 is 34.0 Å². The zero-order valence-corrected chi connectivity index (χ0v) is 11.5. The van der Waals surface area contributed by atoms with Crippen LogP contribution in [-0.2, 0) is 16.6 Å². The first-order valence-electron chi connectivity index (χ1n) is 5.15. The third kappa shape index (κ3) is 3.10. The summed E-state index contributed by atoms with van der Waals surface area (Å²) in [5.74, 6) is -0.256. The number of hydrogen-bond acceptors (Lipinski definition) is 1. The Morgan fingerprint density at radius 3 is 2.44 bits per heavy atom. The second-order valence-corrected chi connectivity index (χ2v) is 5.90. The molecule has 1 atom stereocenters. The first kappa shape index (κ1) is 13.5. The molecular weight excluding hydrogens is 294 g/mol. The van der Waals surface area contributed by atoms with Crippen LogP contribution in [0.3, 0.4) is 0 Å². The quantitative estimate of drug-likeness (QED) is 0.819. The summed E-state index contributed by atoms with van der Waals surface area (Å²) in [6, 6.07) is 11.0. The van der Waals surface area contributed by atoms with Gasteiger partial charge in [0.15, 0.2) is 0 Å². The van der Waals surface area contributed by atoms with Crippen LogP contribution in [0.5, 0.6) is 0 Å². The van der Waals surface area contributed by atoms with E-state index in [2.05, 4.69) is 0 Å². The van der Waals surface area contributed by atoms with Crippen molar-refractivity contribution in [1.29, 1.82) is 0 Å². The molecule has 0 heterocycles. The van der Waals surface area contributed by atoms with E-state index in [4.69, 9.17) is 23.2 Å². The second kappa shape index (κ2) is 5.83. The fraction of sp³-hybridized carbons (Fsp3) is 0.0769. The van der Waals surface area contributed by atoms with E-state index in [-0.39, 0.29) is 10.6 Å². The van der Waals surface area contributed by atoms with Gasteiger partial charge in [0.1, 0.15) is 5.82 Å². The van der Waals surface area contributed by atoms with Crippen LogP contribution in [0.15, 0.2) is 47.4 Å². The fourth-order valence-electron chi connectivity index (χ4n) is 1.49.